The Morgan fingerprint density at radius 1 is 1.00 bits per heavy atom. The van der Waals surface area contributed by atoms with Crippen LogP contribution in [0.1, 0.15) is 24.1 Å². The van der Waals surface area contributed by atoms with Gasteiger partial charge in [0.1, 0.15) is 5.82 Å². The first-order valence-corrected chi connectivity index (χ1v) is 10.9. The predicted octanol–water partition coefficient (Wildman–Crippen LogP) is 2.45. The van der Waals surface area contributed by atoms with Crippen LogP contribution in [0.2, 0.25) is 0 Å². The minimum Gasteiger partial charge on any atom is -0.340 e. The van der Waals surface area contributed by atoms with E-state index in [1.807, 2.05) is 25.1 Å². The van der Waals surface area contributed by atoms with Gasteiger partial charge in [0.25, 0.3) is 0 Å². The first-order valence-electron chi connectivity index (χ1n) is 9.35. The molecular weight excluding hydrogens is 362 g/mol. The first kappa shape index (κ1) is 18.2. The Morgan fingerprint density at radius 2 is 1.67 bits per heavy atom. The van der Waals surface area contributed by atoms with Gasteiger partial charge in [0.15, 0.2) is 0 Å². The highest BCUT2D eigenvalue weighted by atomic mass is 32.2. The van der Waals surface area contributed by atoms with E-state index < -0.39 is 10.0 Å². The molecule has 1 saturated heterocycles. The highest BCUT2D eigenvalue weighted by Crippen LogP contribution is 2.31. The summed E-state index contributed by atoms with van der Waals surface area (Å²) in [7, 11) is -3.10. The van der Waals surface area contributed by atoms with Crippen molar-refractivity contribution in [3.05, 3.63) is 41.6 Å². The molecule has 1 aliphatic carbocycles. The number of rotatable bonds is 5. The third-order valence-corrected chi connectivity index (χ3v) is 7.39. The summed E-state index contributed by atoms with van der Waals surface area (Å²) >= 11 is 0. The summed E-state index contributed by atoms with van der Waals surface area (Å²) in [4.78, 5) is 11.3. The first-order chi connectivity index (χ1) is 12.9. The molecule has 8 heteroatoms. The zero-order chi connectivity index (χ0) is 19.0. The van der Waals surface area contributed by atoms with Gasteiger partial charge < -0.3 is 10.2 Å². The lowest BCUT2D eigenvalue weighted by Crippen LogP contribution is -2.50. The molecule has 144 valence electrons. The number of nitrogens with zero attached hydrogens (tertiary/aromatic N) is 4. The molecule has 2 fully saturated rings. The molecule has 4 rings (SSSR count). The molecule has 1 aliphatic heterocycles. The van der Waals surface area contributed by atoms with Crippen LogP contribution in [0.25, 0.3) is 0 Å². The van der Waals surface area contributed by atoms with Crippen LogP contribution in [-0.2, 0) is 10.0 Å². The summed E-state index contributed by atoms with van der Waals surface area (Å²) in [5, 5.41) is 3.18. The van der Waals surface area contributed by atoms with Crippen molar-refractivity contribution in [1.82, 2.24) is 14.3 Å². The fourth-order valence-electron chi connectivity index (χ4n) is 3.26. The molecule has 0 amide bonds. The molecule has 0 bridgehead atoms. The number of anilines is 3. The number of piperazine rings is 1. The Morgan fingerprint density at radius 3 is 2.30 bits per heavy atom. The molecule has 0 radical (unpaired) electrons. The molecular formula is C19H25N5O2S. The van der Waals surface area contributed by atoms with E-state index in [9.17, 15) is 8.42 Å². The maximum absolute atomic E-state index is 12.4. The number of hydrogen-bond donors (Lipinski definition) is 1. The number of benzene rings is 1. The summed E-state index contributed by atoms with van der Waals surface area (Å²) < 4.78 is 26.4. The van der Waals surface area contributed by atoms with Crippen molar-refractivity contribution in [3.63, 3.8) is 0 Å². The van der Waals surface area contributed by atoms with E-state index in [0.717, 1.165) is 30.0 Å². The Balaban J connectivity index is 1.46. The highest BCUT2D eigenvalue weighted by Gasteiger charge is 2.41. The predicted molar refractivity (Wildman–Crippen MR) is 107 cm³/mol. The number of nitrogens with one attached hydrogen (secondary N) is 1. The molecule has 1 aromatic carbocycles. The van der Waals surface area contributed by atoms with E-state index in [1.54, 1.807) is 4.31 Å². The molecule has 1 N–H and O–H groups in total. The second-order valence-corrected chi connectivity index (χ2v) is 9.53. The molecule has 0 unspecified atom stereocenters. The zero-order valence-corrected chi connectivity index (χ0v) is 16.5. The van der Waals surface area contributed by atoms with Gasteiger partial charge in [-0.25, -0.2) is 13.4 Å². The van der Waals surface area contributed by atoms with Gasteiger partial charge in [-0.2, -0.15) is 9.29 Å². The normalized spacial score (nSPS) is 18.5. The molecule has 7 nitrogen and oxygen atoms in total. The van der Waals surface area contributed by atoms with Crippen molar-refractivity contribution in [2.24, 2.45) is 0 Å². The lowest BCUT2D eigenvalue weighted by atomic mass is 10.2. The van der Waals surface area contributed by atoms with Gasteiger partial charge in [0.2, 0.25) is 16.0 Å². The van der Waals surface area contributed by atoms with Crippen LogP contribution < -0.4 is 10.2 Å². The minimum atomic E-state index is -3.10. The molecule has 1 saturated carbocycles. The largest absolute Gasteiger partial charge is 0.340 e. The van der Waals surface area contributed by atoms with Crippen molar-refractivity contribution < 1.29 is 8.42 Å². The van der Waals surface area contributed by atoms with Crippen molar-refractivity contribution in [3.8, 4) is 0 Å². The summed E-state index contributed by atoms with van der Waals surface area (Å²) in [5.74, 6) is 1.39. The third kappa shape index (κ3) is 4.06. The number of sulfonamides is 1. The van der Waals surface area contributed by atoms with E-state index in [2.05, 4.69) is 39.2 Å². The molecule has 2 heterocycles. The second kappa shape index (κ2) is 7.09. The highest BCUT2D eigenvalue weighted by molar-refractivity contribution is 7.90. The fraction of sp³-hybridized carbons (Fsp3) is 0.474. The van der Waals surface area contributed by atoms with E-state index in [1.165, 1.54) is 5.56 Å². The average Bonchev–Trinajstić information content (AvgIpc) is 3.49. The van der Waals surface area contributed by atoms with Crippen LogP contribution in [0.4, 0.5) is 17.5 Å². The van der Waals surface area contributed by atoms with E-state index >= 15 is 0 Å². The zero-order valence-electron chi connectivity index (χ0n) is 15.7. The Kier molecular flexibility index (Phi) is 4.77. The smallest absolute Gasteiger partial charge is 0.227 e. The lowest BCUT2D eigenvalue weighted by Gasteiger charge is -2.34. The van der Waals surface area contributed by atoms with Crippen molar-refractivity contribution in [2.75, 3.05) is 36.4 Å². The van der Waals surface area contributed by atoms with Crippen LogP contribution in [0.3, 0.4) is 0 Å². The topological polar surface area (TPSA) is 78.4 Å². The van der Waals surface area contributed by atoms with Gasteiger partial charge in [0, 0.05) is 43.6 Å². The monoisotopic (exact) mass is 387 g/mol. The maximum atomic E-state index is 12.4. The van der Waals surface area contributed by atoms with Crippen molar-refractivity contribution >= 4 is 27.5 Å². The standard InChI is InChI=1S/C19H25N5O2S/c1-14-3-5-16(6-4-14)21-18-13-15(2)20-19(22-18)23-9-11-24(12-10-23)27(25,26)17-7-8-17/h3-6,13,17H,7-12H2,1-2H3,(H,20,21,22). The minimum absolute atomic E-state index is 0.149. The van der Waals surface area contributed by atoms with Gasteiger partial charge in [-0.15, -0.1) is 0 Å². The van der Waals surface area contributed by atoms with Gasteiger partial charge in [-0.1, -0.05) is 17.7 Å². The van der Waals surface area contributed by atoms with Gasteiger partial charge in [-0.3, -0.25) is 0 Å². The SMILES string of the molecule is Cc1ccc(Nc2cc(C)nc(N3CCN(S(=O)(=O)C4CC4)CC3)n2)cc1. The summed E-state index contributed by atoms with van der Waals surface area (Å²) in [6.45, 7) is 6.21. The van der Waals surface area contributed by atoms with Crippen LogP contribution >= 0.6 is 0 Å². The summed E-state index contributed by atoms with van der Waals surface area (Å²) in [6, 6.07) is 10.1. The number of aryl methyl sites for hydroxylation is 2. The average molecular weight is 388 g/mol. The van der Waals surface area contributed by atoms with E-state index in [4.69, 9.17) is 0 Å². The van der Waals surface area contributed by atoms with Crippen LogP contribution in [0, 0.1) is 13.8 Å². The van der Waals surface area contributed by atoms with E-state index in [0.29, 0.717) is 32.1 Å². The Bertz CT molecular complexity index is 918. The van der Waals surface area contributed by atoms with Gasteiger partial charge in [0.05, 0.1) is 5.25 Å². The third-order valence-electron chi connectivity index (χ3n) is 4.99. The summed E-state index contributed by atoms with van der Waals surface area (Å²) in [5.41, 5.74) is 3.06. The Hall–Kier alpha value is -2.19. The number of hydrogen-bond acceptors (Lipinski definition) is 6. The number of aromatic nitrogens is 2. The lowest BCUT2D eigenvalue weighted by molar-refractivity contribution is 0.382. The van der Waals surface area contributed by atoms with E-state index in [-0.39, 0.29) is 5.25 Å². The maximum Gasteiger partial charge on any atom is 0.227 e. The summed E-state index contributed by atoms with van der Waals surface area (Å²) in [6.07, 6.45) is 1.61. The van der Waals surface area contributed by atoms with Crippen molar-refractivity contribution in [1.29, 1.82) is 0 Å². The molecule has 2 aliphatic rings. The molecule has 0 atom stereocenters. The molecule has 0 spiro atoms. The van der Waals surface area contributed by atoms with Gasteiger partial charge >= 0.3 is 0 Å². The Labute approximate surface area is 160 Å². The quantitative estimate of drug-likeness (QED) is 0.849. The molecule has 2 aromatic rings. The van der Waals surface area contributed by atoms with Crippen molar-refractivity contribution in [2.45, 2.75) is 31.9 Å². The van der Waals surface area contributed by atoms with Crippen LogP contribution in [0.15, 0.2) is 30.3 Å². The second-order valence-electron chi connectivity index (χ2n) is 7.32. The van der Waals surface area contributed by atoms with Crippen LogP contribution in [-0.4, -0.2) is 54.1 Å². The van der Waals surface area contributed by atoms with Gasteiger partial charge in [-0.05, 0) is 38.8 Å². The molecule has 1 aromatic heterocycles. The molecule has 27 heavy (non-hydrogen) atoms. The van der Waals surface area contributed by atoms with Crippen LogP contribution in [0.5, 0.6) is 0 Å². The fourth-order valence-corrected chi connectivity index (χ4v) is 5.09.